The van der Waals surface area contributed by atoms with Crippen molar-refractivity contribution in [1.82, 2.24) is 0 Å². The molecule has 1 aromatic rings. The molecule has 0 amide bonds. The van der Waals surface area contributed by atoms with Gasteiger partial charge >= 0.3 is 0 Å². The van der Waals surface area contributed by atoms with Gasteiger partial charge in [-0.1, -0.05) is 19.8 Å². The summed E-state index contributed by atoms with van der Waals surface area (Å²) < 4.78 is 36.4. The summed E-state index contributed by atoms with van der Waals surface area (Å²) in [6.45, 7) is 4.37. The number of hydrogen-bond acceptors (Lipinski definition) is 3. The van der Waals surface area contributed by atoms with Crippen LogP contribution in [0.15, 0.2) is 23.1 Å². The minimum atomic E-state index is -4.13. The van der Waals surface area contributed by atoms with Crippen molar-refractivity contribution in [2.45, 2.75) is 38.0 Å². The molecule has 0 atom stereocenters. The topological polar surface area (TPSA) is 63.6 Å². The Morgan fingerprint density at radius 2 is 2.00 bits per heavy atom. The van der Waals surface area contributed by atoms with Crippen LogP contribution >= 0.6 is 0 Å². The molecule has 0 spiro atoms. The van der Waals surface area contributed by atoms with Gasteiger partial charge in [0.25, 0.3) is 10.1 Å². The first-order chi connectivity index (χ1) is 7.95. The van der Waals surface area contributed by atoms with Crippen LogP contribution in [-0.4, -0.2) is 19.6 Å². The summed E-state index contributed by atoms with van der Waals surface area (Å²) in [5.41, 5.74) is 0.487. The minimum Gasteiger partial charge on any atom is -0.494 e. The van der Waals surface area contributed by atoms with Crippen LogP contribution < -0.4 is 4.74 Å². The van der Waals surface area contributed by atoms with Crippen molar-refractivity contribution in [3.63, 3.8) is 0 Å². The minimum absolute atomic E-state index is 0.0709. The lowest BCUT2D eigenvalue weighted by molar-refractivity contribution is 0.306. The maximum Gasteiger partial charge on any atom is 0.294 e. The summed E-state index contributed by atoms with van der Waals surface area (Å²) in [4.78, 5) is -0.0709. The van der Waals surface area contributed by atoms with Gasteiger partial charge in [-0.3, -0.25) is 4.55 Å². The molecule has 0 saturated heterocycles. The Kier molecular flexibility index (Phi) is 4.96. The molecule has 96 valence electrons. The van der Waals surface area contributed by atoms with E-state index in [4.69, 9.17) is 9.29 Å². The van der Waals surface area contributed by atoms with Gasteiger partial charge in [-0.15, -0.1) is 0 Å². The number of hydrogen-bond donors (Lipinski definition) is 1. The van der Waals surface area contributed by atoms with Gasteiger partial charge < -0.3 is 4.74 Å². The third-order valence-corrected chi connectivity index (χ3v) is 3.45. The Morgan fingerprint density at radius 3 is 2.53 bits per heavy atom. The highest BCUT2D eigenvalue weighted by molar-refractivity contribution is 7.85. The summed E-state index contributed by atoms with van der Waals surface area (Å²) in [6, 6.07) is 4.54. The van der Waals surface area contributed by atoms with Crippen LogP contribution in [0.5, 0.6) is 5.75 Å². The van der Waals surface area contributed by atoms with Crippen molar-refractivity contribution in [2.24, 2.45) is 0 Å². The zero-order valence-electron chi connectivity index (χ0n) is 10.1. The lowest BCUT2D eigenvalue weighted by Crippen LogP contribution is -2.02. The van der Waals surface area contributed by atoms with E-state index in [9.17, 15) is 8.42 Å². The second-order valence-corrected chi connectivity index (χ2v) is 5.35. The highest BCUT2D eigenvalue weighted by atomic mass is 32.2. The van der Waals surface area contributed by atoms with E-state index in [-0.39, 0.29) is 4.90 Å². The van der Waals surface area contributed by atoms with E-state index >= 15 is 0 Å². The fourth-order valence-electron chi connectivity index (χ4n) is 1.54. The van der Waals surface area contributed by atoms with Crippen molar-refractivity contribution in [2.75, 3.05) is 6.61 Å². The second kappa shape index (κ2) is 6.02. The quantitative estimate of drug-likeness (QED) is 0.629. The van der Waals surface area contributed by atoms with Crippen molar-refractivity contribution < 1.29 is 17.7 Å². The van der Waals surface area contributed by atoms with Crippen LogP contribution in [0.3, 0.4) is 0 Å². The summed E-state index contributed by atoms with van der Waals surface area (Å²) >= 11 is 0. The van der Waals surface area contributed by atoms with E-state index < -0.39 is 10.1 Å². The van der Waals surface area contributed by atoms with E-state index in [1.165, 1.54) is 6.07 Å². The Bertz CT molecular complexity index is 465. The van der Waals surface area contributed by atoms with Gasteiger partial charge in [-0.2, -0.15) is 8.42 Å². The maximum absolute atomic E-state index is 11.0. The zero-order chi connectivity index (χ0) is 12.9. The molecule has 0 unspecified atom stereocenters. The van der Waals surface area contributed by atoms with Crippen LogP contribution in [-0.2, 0) is 10.1 Å². The van der Waals surface area contributed by atoms with Crippen LogP contribution in [0.4, 0.5) is 0 Å². The first kappa shape index (κ1) is 14.0. The molecule has 0 fully saturated rings. The van der Waals surface area contributed by atoms with Gasteiger partial charge in [-0.25, -0.2) is 0 Å². The van der Waals surface area contributed by atoms with E-state index in [2.05, 4.69) is 6.92 Å². The molecule has 0 saturated carbocycles. The molecule has 4 nitrogen and oxygen atoms in total. The molecule has 0 aliphatic rings. The predicted octanol–water partition coefficient (Wildman–Crippen LogP) is 2.81. The lowest BCUT2D eigenvalue weighted by atomic mass is 10.2. The van der Waals surface area contributed by atoms with Gasteiger partial charge in [0.2, 0.25) is 0 Å². The number of unbranched alkanes of at least 4 members (excludes halogenated alkanes) is 2. The number of aryl methyl sites for hydroxylation is 1. The van der Waals surface area contributed by atoms with Gasteiger partial charge in [-0.05, 0) is 37.1 Å². The van der Waals surface area contributed by atoms with Gasteiger partial charge in [0, 0.05) is 0 Å². The second-order valence-electron chi connectivity index (χ2n) is 3.96. The number of benzene rings is 1. The Balaban J connectivity index is 2.70. The van der Waals surface area contributed by atoms with Crippen LogP contribution in [0, 0.1) is 6.92 Å². The van der Waals surface area contributed by atoms with E-state index in [0.717, 1.165) is 19.3 Å². The summed E-state index contributed by atoms with van der Waals surface area (Å²) in [5.74, 6) is 0.631. The molecule has 1 N–H and O–H groups in total. The largest absolute Gasteiger partial charge is 0.494 e. The van der Waals surface area contributed by atoms with E-state index in [1.807, 2.05) is 0 Å². The van der Waals surface area contributed by atoms with Crippen molar-refractivity contribution in [3.05, 3.63) is 23.8 Å². The maximum atomic E-state index is 11.0. The first-order valence-electron chi connectivity index (χ1n) is 5.66. The average Bonchev–Trinajstić information content (AvgIpc) is 2.23. The smallest absolute Gasteiger partial charge is 0.294 e. The van der Waals surface area contributed by atoms with Crippen LogP contribution in [0.2, 0.25) is 0 Å². The van der Waals surface area contributed by atoms with Crippen LogP contribution in [0.25, 0.3) is 0 Å². The number of rotatable bonds is 6. The molecule has 1 aromatic carbocycles. The summed E-state index contributed by atoms with van der Waals surface area (Å²) in [5, 5.41) is 0. The van der Waals surface area contributed by atoms with Gasteiger partial charge in [0.05, 0.1) is 11.5 Å². The molecule has 0 aliphatic heterocycles. The third kappa shape index (κ3) is 4.36. The molecular weight excluding hydrogens is 240 g/mol. The third-order valence-electron chi connectivity index (χ3n) is 2.44. The highest BCUT2D eigenvalue weighted by Gasteiger charge is 2.13. The molecular formula is C12H18O4S. The monoisotopic (exact) mass is 258 g/mol. The first-order valence-corrected chi connectivity index (χ1v) is 7.10. The molecule has 0 bridgehead atoms. The standard InChI is InChI=1S/C12H18O4S/c1-3-4-5-8-16-11-6-7-12(10(2)9-11)17(13,14)15/h6-7,9H,3-5,8H2,1-2H3,(H,13,14,15). The average molecular weight is 258 g/mol. The van der Waals surface area contributed by atoms with Crippen LogP contribution in [0.1, 0.15) is 31.7 Å². The van der Waals surface area contributed by atoms with Crippen molar-refractivity contribution >= 4 is 10.1 Å². The number of ether oxygens (including phenoxy) is 1. The SMILES string of the molecule is CCCCCOc1ccc(S(=O)(=O)O)c(C)c1. The van der Waals surface area contributed by atoms with Gasteiger partial charge in [0.15, 0.2) is 0 Å². The Morgan fingerprint density at radius 1 is 1.29 bits per heavy atom. The van der Waals surface area contributed by atoms with Gasteiger partial charge in [0.1, 0.15) is 5.75 Å². The van der Waals surface area contributed by atoms with Crippen molar-refractivity contribution in [1.29, 1.82) is 0 Å². The molecule has 0 heterocycles. The fourth-order valence-corrected chi connectivity index (χ4v) is 2.25. The Hall–Kier alpha value is -1.07. The predicted molar refractivity (Wildman–Crippen MR) is 66.0 cm³/mol. The van der Waals surface area contributed by atoms with Crippen molar-refractivity contribution in [3.8, 4) is 5.75 Å². The summed E-state index contributed by atoms with van der Waals surface area (Å²) in [7, 11) is -4.13. The Labute approximate surface area is 102 Å². The zero-order valence-corrected chi connectivity index (χ0v) is 11.0. The normalized spacial score (nSPS) is 11.5. The molecule has 0 aliphatic carbocycles. The molecule has 1 rings (SSSR count). The van der Waals surface area contributed by atoms with E-state index in [1.54, 1.807) is 19.1 Å². The van der Waals surface area contributed by atoms with E-state index in [0.29, 0.717) is 17.9 Å². The fraction of sp³-hybridized carbons (Fsp3) is 0.500. The summed E-state index contributed by atoms with van der Waals surface area (Å²) in [6.07, 6.45) is 3.22. The highest BCUT2D eigenvalue weighted by Crippen LogP contribution is 2.21. The molecule has 5 heteroatoms. The molecule has 0 aromatic heterocycles. The molecule has 0 radical (unpaired) electrons. The lowest BCUT2D eigenvalue weighted by Gasteiger charge is -2.08. The molecule has 17 heavy (non-hydrogen) atoms.